The van der Waals surface area contributed by atoms with E-state index < -0.39 is 29.1 Å². The average molecular weight is 295 g/mol. The monoisotopic (exact) mass is 295 g/mol. The fourth-order valence-corrected chi connectivity index (χ4v) is 1.55. The number of carbonyl (C=O) groups excluding carboxylic acids is 2. The predicted octanol–water partition coefficient (Wildman–Crippen LogP) is 2.53. The highest BCUT2D eigenvalue weighted by Gasteiger charge is 2.20. The predicted molar refractivity (Wildman–Crippen MR) is 68.8 cm³/mol. The Kier molecular flexibility index (Phi) is 3.97. The van der Waals surface area contributed by atoms with E-state index in [1.807, 2.05) is 0 Å². The first kappa shape index (κ1) is 14.6. The smallest absolute Gasteiger partial charge is 0.328 e. The average Bonchev–Trinajstić information content (AvgIpc) is 2.70. The maximum atomic E-state index is 13.4. The molecule has 1 aromatic heterocycles. The van der Waals surface area contributed by atoms with E-state index in [4.69, 9.17) is 4.52 Å². The van der Waals surface area contributed by atoms with Gasteiger partial charge in [-0.2, -0.15) is 0 Å². The van der Waals surface area contributed by atoms with Gasteiger partial charge in [-0.3, -0.25) is 15.4 Å². The van der Waals surface area contributed by atoms with Crippen LogP contribution in [0.1, 0.15) is 21.6 Å². The number of amides is 3. The molecule has 0 radical (unpaired) electrons. The van der Waals surface area contributed by atoms with Crippen LogP contribution in [0.2, 0.25) is 0 Å². The lowest BCUT2D eigenvalue weighted by atomic mass is 10.2. The highest BCUT2D eigenvalue weighted by Crippen LogP contribution is 2.17. The number of nitrogens with zero attached hydrogens (tertiary/aromatic N) is 1. The van der Waals surface area contributed by atoms with E-state index in [-0.39, 0.29) is 5.88 Å². The summed E-state index contributed by atoms with van der Waals surface area (Å²) in [6.45, 7) is 3.32. The zero-order valence-electron chi connectivity index (χ0n) is 11.2. The molecule has 2 N–H and O–H groups in total. The second-order valence-corrected chi connectivity index (χ2v) is 4.23. The topological polar surface area (TPSA) is 84.2 Å². The van der Waals surface area contributed by atoms with Crippen molar-refractivity contribution in [2.75, 3.05) is 5.32 Å². The molecule has 21 heavy (non-hydrogen) atoms. The fraction of sp³-hybridized carbons (Fsp3) is 0.154. The van der Waals surface area contributed by atoms with Crippen molar-refractivity contribution in [3.05, 3.63) is 46.7 Å². The minimum Gasteiger partial charge on any atom is -0.338 e. The number of halogens is 2. The Morgan fingerprint density at radius 3 is 2.33 bits per heavy atom. The van der Waals surface area contributed by atoms with Crippen LogP contribution in [0.25, 0.3) is 0 Å². The molecule has 2 aromatic rings. The molecule has 0 aliphatic heterocycles. The third-order valence-electron chi connectivity index (χ3n) is 2.80. The molecule has 1 heterocycles. The van der Waals surface area contributed by atoms with Gasteiger partial charge >= 0.3 is 6.03 Å². The Hall–Kier alpha value is -2.77. The summed E-state index contributed by atoms with van der Waals surface area (Å²) in [5, 5.41) is 7.64. The van der Waals surface area contributed by atoms with Crippen LogP contribution >= 0.6 is 0 Å². The van der Waals surface area contributed by atoms with Gasteiger partial charge < -0.3 is 4.52 Å². The van der Waals surface area contributed by atoms with Crippen LogP contribution in [-0.4, -0.2) is 17.1 Å². The summed E-state index contributed by atoms with van der Waals surface area (Å²) in [5.74, 6) is -3.28. The van der Waals surface area contributed by atoms with E-state index in [0.29, 0.717) is 11.3 Å². The van der Waals surface area contributed by atoms with E-state index in [1.165, 1.54) is 0 Å². The van der Waals surface area contributed by atoms with Gasteiger partial charge in [0.05, 0.1) is 5.69 Å². The van der Waals surface area contributed by atoms with Crippen LogP contribution in [0.4, 0.5) is 19.5 Å². The van der Waals surface area contributed by atoms with Crippen LogP contribution in [-0.2, 0) is 0 Å². The molecular formula is C13H11F2N3O3. The molecule has 3 amide bonds. The molecular weight excluding hydrogens is 284 g/mol. The largest absolute Gasteiger partial charge is 0.338 e. The minimum absolute atomic E-state index is 0.0480. The number of aromatic nitrogens is 1. The molecule has 0 aliphatic carbocycles. The standard InChI is InChI=1S/C13H11F2N3O3/c1-6-7(2)18-21-12(6)17-13(20)16-11(19)10-8(14)4-3-5-9(10)15/h3-5H,1-2H3,(H2,16,17,19,20). The summed E-state index contributed by atoms with van der Waals surface area (Å²) in [4.78, 5) is 23.3. The molecule has 0 saturated carbocycles. The second kappa shape index (κ2) is 5.70. The molecule has 8 heteroatoms. The molecule has 0 atom stereocenters. The van der Waals surface area contributed by atoms with Gasteiger partial charge in [-0.15, -0.1) is 0 Å². The van der Waals surface area contributed by atoms with Crippen molar-refractivity contribution in [3.8, 4) is 0 Å². The van der Waals surface area contributed by atoms with Gasteiger partial charge in [-0.1, -0.05) is 11.2 Å². The number of nitrogens with one attached hydrogen (secondary N) is 2. The maximum absolute atomic E-state index is 13.4. The van der Waals surface area contributed by atoms with Gasteiger partial charge in [-0.25, -0.2) is 13.6 Å². The summed E-state index contributed by atoms with van der Waals surface area (Å²) in [5.41, 5.74) is 0.310. The maximum Gasteiger partial charge on any atom is 0.328 e. The Balaban J connectivity index is 2.09. The zero-order chi connectivity index (χ0) is 15.6. The highest BCUT2D eigenvalue weighted by atomic mass is 19.1. The number of imide groups is 1. The van der Waals surface area contributed by atoms with E-state index >= 15 is 0 Å². The van der Waals surface area contributed by atoms with E-state index in [0.717, 1.165) is 18.2 Å². The van der Waals surface area contributed by atoms with Crippen molar-refractivity contribution in [3.63, 3.8) is 0 Å². The Bertz CT molecular complexity index is 692. The zero-order valence-corrected chi connectivity index (χ0v) is 11.2. The molecule has 0 fully saturated rings. The first-order valence-corrected chi connectivity index (χ1v) is 5.89. The molecule has 0 bridgehead atoms. The minimum atomic E-state index is -1.20. The molecule has 0 spiro atoms. The molecule has 0 aliphatic rings. The summed E-state index contributed by atoms with van der Waals surface area (Å²) < 4.78 is 31.6. The van der Waals surface area contributed by atoms with Gasteiger partial charge in [0.25, 0.3) is 5.91 Å². The quantitative estimate of drug-likeness (QED) is 0.891. The van der Waals surface area contributed by atoms with Crippen LogP contribution in [0.3, 0.4) is 0 Å². The summed E-state index contributed by atoms with van der Waals surface area (Å²) >= 11 is 0. The normalized spacial score (nSPS) is 10.3. The Labute approximate surface area is 118 Å². The number of urea groups is 1. The van der Waals surface area contributed by atoms with Crippen molar-refractivity contribution < 1.29 is 22.9 Å². The van der Waals surface area contributed by atoms with Gasteiger partial charge in [0.2, 0.25) is 5.88 Å². The van der Waals surface area contributed by atoms with Gasteiger partial charge in [0.15, 0.2) is 0 Å². The third kappa shape index (κ3) is 3.04. The van der Waals surface area contributed by atoms with Crippen molar-refractivity contribution in [1.29, 1.82) is 0 Å². The van der Waals surface area contributed by atoms with Crippen LogP contribution in [0, 0.1) is 25.5 Å². The molecule has 2 rings (SSSR count). The number of carbonyl (C=O) groups is 2. The summed E-state index contributed by atoms with van der Waals surface area (Å²) in [6.07, 6.45) is 0. The molecule has 6 nitrogen and oxygen atoms in total. The van der Waals surface area contributed by atoms with Crippen molar-refractivity contribution in [2.24, 2.45) is 0 Å². The van der Waals surface area contributed by atoms with E-state index in [1.54, 1.807) is 19.2 Å². The Morgan fingerprint density at radius 2 is 1.81 bits per heavy atom. The molecule has 1 aromatic carbocycles. The van der Waals surface area contributed by atoms with Gasteiger partial charge in [-0.05, 0) is 26.0 Å². The SMILES string of the molecule is Cc1noc(NC(=O)NC(=O)c2c(F)cccc2F)c1C. The van der Waals surface area contributed by atoms with Gasteiger partial charge in [0.1, 0.15) is 17.2 Å². The first-order valence-electron chi connectivity index (χ1n) is 5.89. The Morgan fingerprint density at radius 1 is 1.19 bits per heavy atom. The molecule has 110 valence electrons. The summed E-state index contributed by atoms with van der Waals surface area (Å²) in [6, 6.07) is 1.96. The first-order chi connectivity index (χ1) is 9.90. The molecule has 0 saturated heterocycles. The van der Waals surface area contributed by atoms with E-state index in [2.05, 4.69) is 10.5 Å². The van der Waals surface area contributed by atoms with Crippen LogP contribution < -0.4 is 10.6 Å². The van der Waals surface area contributed by atoms with Crippen LogP contribution in [0.15, 0.2) is 22.7 Å². The number of hydrogen-bond donors (Lipinski definition) is 2. The van der Waals surface area contributed by atoms with Gasteiger partial charge in [0, 0.05) is 5.56 Å². The highest BCUT2D eigenvalue weighted by molar-refractivity contribution is 6.08. The third-order valence-corrected chi connectivity index (χ3v) is 2.80. The number of anilines is 1. The summed E-state index contributed by atoms with van der Waals surface area (Å²) in [7, 11) is 0. The van der Waals surface area contributed by atoms with E-state index in [9.17, 15) is 18.4 Å². The lowest BCUT2D eigenvalue weighted by Crippen LogP contribution is -2.35. The van der Waals surface area contributed by atoms with Crippen molar-refractivity contribution >= 4 is 17.8 Å². The number of aryl methyl sites for hydroxylation is 1. The number of hydrogen-bond acceptors (Lipinski definition) is 4. The number of benzene rings is 1. The van der Waals surface area contributed by atoms with Crippen molar-refractivity contribution in [2.45, 2.75) is 13.8 Å². The fourth-order valence-electron chi connectivity index (χ4n) is 1.55. The van der Waals surface area contributed by atoms with Crippen molar-refractivity contribution in [1.82, 2.24) is 10.5 Å². The second-order valence-electron chi connectivity index (χ2n) is 4.23. The lowest BCUT2D eigenvalue weighted by molar-refractivity contribution is 0.0959. The van der Waals surface area contributed by atoms with Crippen LogP contribution in [0.5, 0.6) is 0 Å². The lowest BCUT2D eigenvalue weighted by Gasteiger charge is -2.06. The number of rotatable bonds is 2. The molecule has 0 unspecified atom stereocenters.